The van der Waals surface area contributed by atoms with Crippen LogP contribution in [0.25, 0.3) is 5.65 Å². The lowest BCUT2D eigenvalue weighted by Gasteiger charge is -2.18. The maximum Gasteiger partial charge on any atom is 0.171 e. The molecule has 0 aliphatic heterocycles. The summed E-state index contributed by atoms with van der Waals surface area (Å²) < 4.78 is 2.67. The zero-order chi connectivity index (χ0) is 21.8. The maximum atomic E-state index is 9.84. The van der Waals surface area contributed by atoms with Crippen LogP contribution in [-0.2, 0) is 6.54 Å². The van der Waals surface area contributed by atoms with Crippen LogP contribution in [0.2, 0.25) is 0 Å². The van der Waals surface area contributed by atoms with Crippen molar-refractivity contribution >= 4 is 27.4 Å². The van der Waals surface area contributed by atoms with Crippen LogP contribution in [-0.4, -0.2) is 50.7 Å². The molecule has 1 N–H and O–H groups in total. The molecule has 3 heterocycles. The number of anilines is 1. The summed E-state index contributed by atoms with van der Waals surface area (Å²) in [6, 6.07) is 5.93. The van der Waals surface area contributed by atoms with Gasteiger partial charge in [-0.1, -0.05) is 25.1 Å². The Bertz CT molecular complexity index is 895. The third-order valence-electron chi connectivity index (χ3n) is 4.34. The molecule has 3 aromatic rings. The highest BCUT2D eigenvalue weighted by molar-refractivity contribution is 9.10. The largest absolute Gasteiger partial charge is 0.366 e. The van der Waals surface area contributed by atoms with E-state index in [1.807, 2.05) is 31.3 Å². The molecule has 8 nitrogen and oxygen atoms in total. The van der Waals surface area contributed by atoms with Gasteiger partial charge in [-0.25, -0.2) is 4.98 Å². The summed E-state index contributed by atoms with van der Waals surface area (Å²) in [6.07, 6.45) is 7.66. The Morgan fingerprint density at radius 2 is 1.97 bits per heavy atom. The third kappa shape index (κ3) is 7.46. The maximum absolute atomic E-state index is 9.84. The number of aromatic nitrogens is 4. The van der Waals surface area contributed by atoms with Gasteiger partial charge in [0.2, 0.25) is 0 Å². The van der Waals surface area contributed by atoms with Crippen LogP contribution in [0, 0.1) is 11.8 Å². The molecule has 0 bridgehead atoms. The molecular formula is C21H30BrN7O. The van der Waals surface area contributed by atoms with Gasteiger partial charge in [0.05, 0.1) is 17.2 Å². The molecule has 9 heteroatoms. The summed E-state index contributed by atoms with van der Waals surface area (Å²) in [5.74, 6) is 0.914. The topological polar surface area (TPSA) is 87.8 Å². The van der Waals surface area contributed by atoms with Gasteiger partial charge in [0.15, 0.2) is 5.65 Å². The lowest BCUT2D eigenvalue weighted by Crippen LogP contribution is -2.27. The van der Waals surface area contributed by atoms with Gasteiger partial charge in [-0.15, -0.1) is 0 Å². The van der Waals surface area contributed by atoms with Gasteiger partial charge in [-0.2, -0.15) is 14.5 Å². The molecule has 0 aliphatic rings. The standard InChI is InChI=1S/C13H12BrN5.C8H18N2O/c1-9-5-12(16-7-10-3-2-4-15-6-10)19-13(18-9)11(14)8-17-19;1-3-6-10(7-4-2)8-5-9-11/h2-6,8,16H,7H2,1H3;3-8H2,1-2H3. The van der Waals surface area contributed by atoms with E-state index in [9.17, 15) is 4.91 Å². The normalized spacial score (nSPS) is 10.7. The fourth-order valence-corrected chi connectivity index (χ4v) is 3.38. The summed E-state index contributed by atoms with van der Waals surface area (Å²) in [6.45, 7) is 10.4. The smallest absolute Gasteiger partial charge is 0.171 e. The number of nitroso groups, excluding NO2 is 1. The first kappa shape index (κ1) is 23.9. The Labute approximate surface area is 186 Å². The van der Waals surface area contributed by atoms with Crippen LogP contribution in [0.1, 0.15) is 37.9 Å². The van der Waals surface area contributed by atoms with E-state index in [-0.39, 0.29) is 0 Å². The van der Waals surface area contributed by atoms with Crippen molar-refractivity contribution in [2.24, 2.45) is 5.18 Å². The number of hydrogen-bond acceptors (Lipinski definition) is 7. The van der Waals surface area contributed by atoms with E-state index >= 15 is 0 Å². The molecule has 0 atom stereocenters. The number of nitrogens with zero attached hydrogens (tertiary/aromatic N) is 6. The lowest BCUT2D eigenvalue weighted by molar-refractivity contribution is 0.282. The summed E-state index contributed by atoms with van der Waals surface area (Å²) in [5.41, 5.74) is 2.88. The van der Waals surface area contributed by atoms with Crippen molar-refractivity contribution < 1.29 is 0 Å². The Morgan fingerprint density at radius 3 is 2.60 bits per heavy atom. The molecule has 30 heavy (non-hydrogen) atoms. The minimum absolute atomic E-state index is 0.431. The predicted molar refractivity (Wildman–Crippen MR) is 125 cm³/mol. The van der Waals surface area contributed by atoms with Gasteiger partial charge in [0, 0.05) is 37.2 Å². The van der Waals surface area contributed by atoms with Crippen LogP contribution in [0.3, 0.4) is 0 Å². The Kier molecular flexibility index (Phi) is 10.4. The molecule has 0 saturated carbocycles. The van der Waals surface area contributed by atoms with Crippen LogP contribution in [0.4, 0.5) is 5.82 Å². The number of hydrogen-bond donors (Lipinski definition) is 1. The van der Waals surface area contributed by atoms with Gasteiger partial charge >= 0.3 is 0 Å². The molecule has 0 saturated heterocycles. The summed E-state index contributed by atoms with van der Waals surface area (Å²) in [5, 5.41) is 10.5. The van der Waals surface area contributed by atoms with Crippen molar-refractivity contribution in [3.8, 4) is 0 Å². The van der Waals surface area contributed by atoms with Crippen molar-refractivity contribution in [1.82, 2.24) is 24.5 Å². The Balaban J connectivity index is 0.000000252. The molecule has 0 unspecified atom stereocenters. The number of rotatable bonds is 10. The number of pyridine rings is 1. The van der Waals surface area contributed by atoms with Crippen LogP contribution < -0.4 is 5.32 Å². The first-order chi connectivity index (χ1) is 14.6. The van der Waals surface area contributed by atoms with E-state index in [0.29, 0.717) is 13.1 Å². The van der Waals surface area contributed by atoms with Crippen molar-refractivity contribution in [3.63, 3.8) is 0 Å². The number of nitrogens with one attached hydrogen (secondary N) is 1. The molecule has 0 fully saturated rings. The predicted octanol–water partition coefficient (Wildman–Crippen LogP) is 4.68. The molecular weight excluding hydrogens is 446 g/mol. The Morgan fingerprint density at radius 1 is 1.20 bits per heavy atom. The Hall–Kier alpha value is -2.39. The summed E-state index contributed by atoms with van der Waals surface area (Å²) >= 11 is 3.45. The van der Waals surface area contributed by atoms with Gasteiger partial charge in [-0.3, -0.25) is 4.98 Å². The van der Waals surface area contributed by atoms with Gasteiger partial charge in [0.25, 0.3) is 0 Å². The minimum Gasteiger partial charge on any atom is -0.366 e. The van der Waals surface area contributed by atoms with Crippen molar-refractivity contribution in [2.45, 2.75) is 40.2 Å². The van der Waals surface area contributed by atoms with Crippen molar-refractivity contribution in [2.75, 3.05) is 31.5 Å². The van der Waals surface area contributed by atoms with E-state index in [4.69, 9.17) is 0 Å². The second-order valence-corrected chi connectivity index (χ2v) is 7.77. The highest BCUT2D eigenvalue weighted by Gasteiger charge is 2.08. The molecule has 3 aromatic heterocycles. The quantitative estimate of drug-likeness (QED) is 0.428. The molecule has 0 spiro atoms. The molecule has 3 rings (SSSR count). The second kappa shape index (κ2) is 13.0. The number of aryl methyl sites for hydroxylation is 1. The van der Waals surface area contributed by atoms with Gasteiger partial charge in [0.1, 0.15) is 5.82 Å². The van der Waals surface area contributed by atoms with Crippen molar-refractivity contribution in [1.29, 1.82) is 0 Å². The first-order valence-electron chi connectivity index (χ1n) is 10.2. The van der Waals surface area contributed by atoms with E-state index in [2.05, 4.69) is 60.2 Å². The fraction of sp³-hybridized carbons (Fsp3) is 0.476. The second-order valence-electron chi connectivity index (χ2n) is 6.92. The van der Waals surface area contributed by atoms with Crippen LogP contribution in [0.5, 0.6) is 0 Å². The van der Waals surface area contributed by atoms with Crippen LogP contribution in [0.15, 0.2) is 46.4 Å². The summed E-state index contributed by atoms with van der Waals surface area (Å²) in [4.78, 5) is 20.7. The van der Waals surface area contributed by atoms with Crippen LogP contribution >= 0.6 is 15.9 Å². The van der Waals surface area contributed by atoms with E-state index in [1.165, 1.54) is 0 Å². The fourth-order valence-electron chi connectivity index (χ4n) is 3.03. The third-order valence-corrected chi connectivity index (χ3v) is 4.90. The van der Waals surface area contributed by atoms with E-state index in [1.54, 1.807) is 16.9 Å². The zero-order valence-corrected chi connectivity index (χ0v) is 19.5. The first-order valence-corrected chi connectivity index (χ1v) is 11.0. The van der Waals surface area contributed by atoms with Gasteiger partial charge < -0.3 is 10.2 Å². The van der Waals surface area contributed by atoms with E-state index in [0.717, 1.165) is 59.7 Å². The monoisotopic (exact) mass is 475 g/mol. The molecule has 0 aliphatic carbocycles. The van der Waals surface area contributed by atoms with Crippen molar-refractivity contribution in [3.05, 3.63) is 57.4 Å². The minimum atomic E-state index is 0.431. The average molecular weight is 476 g/mol. The summed E-state index contributed by atoms with van der Waals surface area (Å²) in [7, 11) is 0. The number of halogens is 1. The highest BCUT2D eigenvalue weighted by atomic mass is 79.9. The van der Waals surface area contributed by atoms with Gasteiger partial charge in [-0.05, 0) is 60.4 Å². The van der Waals surface area contributed by atoms with E-state index < -0.39 is 0 Å². The number of fused-ring (bicyclic) bond motifs is 1. The molecule has 162 valence electrons. The SMILES string of the molecule is CCCN(CCC)CCN=O.Cc1cc(NCc2cccnc2)n2ncc(Br)c2n1. The highest BCUT2D eigenvalue weighted by Crippen LogP contribution is 2.20. The zero-order valence-electron chi connectivity index (χ0n) is 17.9. The lowest BCUT2D eigenvalue weighted by atomic mass is 10.3. The average Bonchev–Trinajstić information content (AvgIpc) is 3.12. The molecule has 0 aromatic carbocycles. The molecule has 0 amide bonds. The molecule has 0 radical (unpaired) electrons.